The van der Waals surface area contributed by atoms with Gasteiger partial charge in [-0.1, -0.05) is 0 Å². The summed E-state index contributed by atoms with van der Waals surface area (Å²) in [4.78, 5) is 17.4. The Kier molecular flexibility index (Phi) is 5.47. The molecular weight excluding hydrogens is 367 g/mol. The highest BCUT2D eigenvalue weighted by atomic mass is 32.1. The molecule has 0 bridgehead atoms. The second-order valence-corrected chi connectivity index (χ2v) is 7.28. The molecule has 1 fully saturated rings. The van der Waals surface area contributed by atoms with Crippen LogP contribution in [0, 0.1) is 12.8 Å². The quantitative estimate of drug-likeness (QED) is 0.879. The topological polar surface area (TPSA) is 55.6 Å². The zero-order chi connectivity index (χ0) is 18.7. The number of halogens is 3. The molecular formula is C17H18F3N3O2S. The molecule has 1 unspecified atom stereocenters. The molecule has 1 N–H and O–H groups in total. The number of thiazole rings is 1. The van der Waals surface area contributed by atoms with Crippen molar-refractivity contribution in [2.75, 3.05) is 19.8 Å². The molecule has 0 radical (unpaired) electrons. The molecule has 1 aliphatic heterocycles. The Hall–Kier alpha value is -2.13. The van der Waals surface area contributed by atoms with Crippen LogP contribution in [0.5, 0.6) is 0 Å². The van der Waals surface area contributed by atoms with Crippen LogP contribution in [0.1, 0.15) is 16.9 Å². The first-order valence-electron chi connectivity index (χ1n) is 8.10. The van der Waals surface area contributed by atoms with Crippen LogP contribution in [0.25, 0.3) is 5.69 Å². The van der Waals surface area contributed by atoms with Crippen LogP contribution in [-0.4, -0.2) is 30.4 Å². The Morgan fingerprint density at radius 1 is 1.38 bits per heavy atom. The van der Waals surface area contributed by atoms with E-state index in [1.165, 1.54) is 23.5 Å². The van der Waals surface area contributed by atoms with Gasteiger partial charge in [0.05, 0.1) is 12.2 Å². The van der Waals surface area contributed by atoms with Crippen LogP contribution in [-0.2, 0) is 10.9 Å². The summed E-state index contributed by atoms with van der Waals surface area (Å²) in [6, 6.07) is 4.28. The van der Waals surface area contributed by atoms with Crippen molar-refractivity contribution in [3.8, 4) is 5.69 Å². The van der Waals surface area contributed by atoms with E-state index in [1.54, 1.807) is 10.8 Å². The minimum Gasteiger partial charge on any atom is -0.381 e. The van der Waals surface area contributed by atoms with Crippen LogP contribution in [0.3, 0.4) is 0 Å². The third-order valence-electron chi connectivity index (χ3n) is 4.01. The normalized spacial score (nSPS) is 18.3. The monoisotopic (exact) mass is 385 g/mol. The van der Waals surface area contributed by atoms with E-state index in [4.69, 9.17) is 4.74 Å². The summed E-state index contributed by atoms with van der Waals surface area (Å²) in [5, 5.41) is 2.75. The maximum Gasteiger partial charge on any atom is 0.416 e. The van der Waals surface area contributed by atoms with E-state index in [-0.39, 0.29) is 0 Å². The van der Waals surface area contributed by atoms with Gasteiger partial charge in [0, 0.05) is 35.8 Å². The van der Waals surface area contributed by atoms with Crippen molar-refractivity contribution < 1.29 is 22.7 Å². The molecule has 1 aliphatic rings. The van der Waals surface area contributed by atoms with Crippen molar-refractivity contribution >= 4 is 17.4 Å². The summed E-state index contributed by atoms with van der Waals surface area (Å²) in [5.41, 5.74) is -0.207. The number of hydrogen-bond acceptors (Lipinski definition) is 3. The third kappa shape index (κ3) is 4.53. The zero-order valence-electron chi connectivity index (χ0n) is 14.0. The number of aromatic nitrogens is 1. The average molecular weight is 385 g/mol. The molecule has 1 aromatic heterocycles. The maximum absolute atomic E-state index is 12.7. The highest BCUT2D eigenvalue weighted by Crippen LogP contribution is 2.29. The zero-order valence-corrected chi connectivity index (χ0v) is 14.9. The number of rotatable bonds is 3. The molecule has 1 saturated heterocycles. The molecule has 2 heterocycles. The molecule has 140 valence electrons. The van der Waals surface area contributed by atoms with E-state index in [9.17, 15) is 18.0 Å². The molecule has 1 aromatic carbocycles. The smallest absolute Gasteiger partial charge is 0.381 e. The first kappa shape index (κ1) is 18.7. The summed E-state index contributed by atoms with van der Waals surface area (Å²) in [6.07, 6.45) is -1.74. The standard InChI is InChI=1S/C17H18F3N3O2S/c1-11-9-23(14-4-2-13(3-5-14)17(18,19)20)16(26-11)22-15(24)21-8-12-6-7-25-10-12/h2-5,9,12H,6-8,10H2,1H3,(H,21,24). The van der Waals surface area contributed by atoms with E-state index >= 15 is 0 Å². The van der Waals surface area contributed by atoms with Crippen LogP contribution < -0.4 is 10.1 Å². The second kappa shape index (κ2) is 7.63. The Morgan fingerprint density at radius 3 is 2.73 bits per heavy atom. The number of carbonyl (C=O) groups is 1. The lowest BCUT2D eigenvalue weighted by atomic mass is 10.1. The van der Waals surface area contributed by atoms with Crippen LogP contribution in [0.2, 0.25) is 0 Å². The molecule has 0 saturated carbocycles. The first-order valence-corrected chi connectivity index (χ1v) is 8.91. The SMILES string of the molecule is Cc1cn(-c2ccc(C(F)(F)F)cc2)c(=NC(=O)NCC2CCOC2)s1. The van der Waals surface area contributed by atoms with Gasteiger partial charge in [0.25, 0.3) is 0 Å². The maximum atomic E-state index is 12.7. The number of nitrogens with one attached hydrogen (secondary N) is 1. The Bertz CT molecular complexity index is 834. The number of urea groups is 1. The lowest BCUT2D eigenvalue weighted by molar-refractivity contribution is -0.137. The van der Waals surface area contributed by atoms with Crippen molar-refractivity contribution in [1.29, 1.82) is 0 Å². The number of aryl methyl sites for hydroxylation is 1. The Balaban J connectivity index is 1.79. The Labute approximate surface area is 152 Å². The fourth-order valence-electron chi connectivity index (χ4n) is 2.63. The molecule has 26 heavy (non-hydrogen) atoms. The van der Waals surface area contributed by atoms with Crippen molar-refractivity contribution in [2.45, 2.75) is 19.5 Å². The van der Waals surface area contributed by atoms with Gasteiger partial charge in [-0.05, 0) is 37.6 Å². The van der Waals surface area contributed by atoms with Gasteiger partial charge in [-0.15, -0.1) is 11.3 Å². The van der Waals surface area contributed by atoms with Gasteiger partial charge in [-0.25, -0.2) is 4.79 Å². The summed E-state index contributed by atoms with van der Waals surface area (Å²) in [7, 11) is 0. The van der Waals surface area contributed by atoms with Gasteiger partial charge in [-0.3, -0.25) is 4.57 Å². The van der Waals surface area contributed by atoms with Crippen LogP contribution in [0.15, 0.2) is 35.5 Å². The number of alkyl halides is 3. The fourth-order valence-corrected chi connectivity index (χ4v) is 3.46. The van der Waals surface area contributed by atoms with E-state index in [1.807, 2.05) is 6.92 Å². The van der Waals surface area contributed by atoms with Gasteiger partial charge in [0.1, 0.15) is 0 Å². The molecule has 2 aromatic rings. The molecule has 3 rings (SSSR count). The first-order chi connectivity index (χ1) is 12.3. The minimum absolute atomic E-state index is 0.293. The van der Waals surface area contributed by atoms with Crippen molar-refractivity contribution in [3.63, 3.8) is 0 Å². The minimum atomic E-state index is -4.38. The predicted octanol–water partition coefficient (Wildman–Crippen LogP) is 3.51. The summed E-state index contributed by atoms with van der Waals surface area (Å²) < 4.78 is 45.0. The number of carbonyl (C=O) groups excluding carboxylic acids is 1. The number of nitrogens with zero attached hydrogens (tertiary/aromatic N) is 2. The van der Waals surface area contributed by atoms with Gasteiger partial charge >= 0.3 is 12.2 Å². The van der Waals surface area contributed by atoms with Crippen molar-refractivity contribution in [2.24, 2.45) is 10.9 Å². The van der Waals surface area contributed by atoms with Crippen LogP contribution in [0.4, 0.5) is 18.0 Å². The molecule has 5 nitrogen and oxygen atoms in total. The molecule has 0 aliphatic carbocycles. The molecule has 0 spiro atoms. The van der Waals surface area contributed by atoms with E-state index in [2.05, 4.69) is 10.3 Å². The highest BCUT2D eigenvalue weighted by molar-refractivity contribution is 7.09. The summed E-state index contributed by atoms with van der Waals surface area (Å²) in [6.45, 7) is 3.67. The fraction of sp³-hybridized carbons (Fsp3) is 0.412. The van der Waals surface area contributed by atoms with Crippen molar-refractivity contribution in [3.05, 3.63) is 45.7 Å². The number of hydrogen-bond donors (Lipinski definition) is 1. The van der Waals surface area contributed by atoms with E-state index in [0.717, 1.165) is 23.4 Å². The lowest BCUT2D eigenvalue weighted by Gasteiger charge is -2.08. The van der Waals surface area contributed by atoms with Crippen molar-refractivity contribution in [1.82, 2.24) is 9.88 Å². The van der Waals surface area contributed by atoms with Gasteiger partial charge in [-0.2, -0.15) is 18.2 Å². The summed E-state index contributed by atoms with van der Waals surface area (Å²) in [5.74, 6) is 0.293. The Morgan fingerprint density at radius 2 is 2.12 bits per heavy atom. The lowest BCUT2D eigenvalue weighted by Crippen LogP contribution is -2.29. The number of ether oxygens (including phenoxy) is 1. The average Bonchev–Trinajstić information content (AvgIpc) is 3.22. The molecule has 1 atom stereocenters. The second-order valence-electron chi connectivity index (χ2n) is 6.07. The third-order valence-corrected chi connectivity index (χ3v) is 4.90. The van der Waals surface area contributed by atoms with E-state index < -0.39 is 17.8 Å². The summed E-state index contributed by atoms with van der Waals surface area (Å²) >= 11 is 1.29. The van der Waals surface area contributed by atoms with Gasteiger partial charge < -0.3 is 10.1 Å². The van der Waals surface area contributed by atoms with Gasteiger partial charge in [0.15, 0.2) is 4.80 Å². The number of amides is 2. The highest BCUT2D eigenvalue weighted by Gasteiger charge is 2.30. The van der Waals surface area contributed by atoms with Gasteiger partial charge in [0.2, 0.25) is 0 Å². The molecule has 9 heteroatoms. The number of benzene rings is 1. The van der Waals surface area contributed by atoms with Crippen LogP contribution >= 0.6 is 11.3 Å². The largest absolute Gasteiger partial charge is 0.416 e. The molecule has 2 amide bonds. The van der Waals surface area contributed by atoms with E-state index in [0.29, 0.717) is 36.2 Å². The predicted molar refractivity (Wildman–Crippen MR) is 91.3 cm³/mol.